The fraction of sp³-hybridized carbons (Fsp3) is 0.136. The fourth-order valence-corrected chi connectivity index (χ4v) is 10.8. The topological polar surface area (TPSA) is 65.3 Å². The van der Waals surface area contributed by atoms with Gasteiger partial charge in [0.1, 0.15) is 11.7 Å². The Labute approximate surface area is 286 Å². The molecule has 4 heterocycles. The lowest BCUT2D eigenvalue weighted by molar-refractivity contribution is -0.115. The normalized spacial score (nSPS) is 29.7. The molecule has 2 amide bonds. The average Bonchev–Trinajstić information content (AvgIpc) is 3.15. The molecule has 1 fully saturated rings. The summed E-state index contributed by atoms with van der Waals surface area (Å²) in [5, 5.41) is 4.23. The second-order valence-corrected chi connectivity index (χ2v) is 14.7. The number of hydrogen-bond donors (Lipinski definition) is 0. The summed E-state index contributed by atoms with van der Waals surface area (Å²) in [6, 6.07) is 24.7. The summed E-state index contributed by atoms with van der Waals surface area (Å²) < 4.78 is 0. The lowest BCUT2D eigenvalue weighted by Crippen LogP contribution is -2.55. The monoisotopic (exact) mass is 642 g/mol. The highest BCUT2D eigenvalue weighted by Gasteiger charge is 2.56. The van der Waals surface area contributed by atoms with E-state index in [0.717, 1.165) is 67.1 Å². The highest BCUT2D eigenvalue weighted by atomic mass is 16.2. The summed E-state index contributed by atoms with van der Waals surface area (Å²) in [4.78, 5) is 43.3. The molecular weight excluding hydrogens is 617 g/mol. The lowest BCUT2D eigenvalue weighted by atomic mass is 9.52. The molecule has 0 radical (unpaired) electrons. The van der Waals surface area contributed by atoms with E-state index in [4.69, 9.17) is 9.98 Å². The summed E-state index contributed by atoms with van der Waals surface area (Å²) in [5.41, 5.74) is 10.3. The molecule has 234 valence electrons. The van der Waals surface area contributed by atoms with Crippen LogP contribution >= 0.6 is 0 Å². The number of fused-ring (bicyclic) bond motifs is 8. The Bertz CT molecular complexity index is 2740. The van der Waals surface area contributed by atoms with Crippen molar-refractivity contribution in [2.45, 2.75) is 0 Å². The maximum absolute atomic E-state index is 14.6. The quantitative estimate of drug-likeness (QED) is 0.181. The van der Waals surface area contributed by atoms with Gasteiger partial charge in [0, 0.05) is 51.5 Å². The first-order valence-electron chi connectivity index (χ1n) is 17.5. The molecule has 0 aromatic heterocycles. The first kappa shape index (κ1) is 25.8. The Morgan fingerprint density at radius 3 is 1.96 bits per heavy atom. The number of rotatable bonds is 0. The molecule has 13 rings (SSSR count). The number of aliphatic imine (C=N–C) groups is 2. The number of benzene rings is 4. The van der Waals surface area contributed by atoms with Crippen LogP contribution in [-0.4, -0.2) is 23.5 Å². The van der Waals surface area contributed by atoms with Crippen molar-refractivity contribution in [3.8, 4) is 0 Å². The zero-order chi connectivity index (χ0) is 32.6. The van der Waals surface area contributed by atoms with Crippen LogP contribution in [0, 0.1) is 35.5 Å². The van der Waals surface area contributed by atoms with E-state index in [1.165, 1.54) is 22.3 Å². The Balaban J connectivity index is 0.986. The zero-order valence-corrected chi connectivity index (χ0v) is 26.6. The largest absolute Gasteiger partial charge is 0.269 e. The van der Waals surface area contributed by atoms with Crippen molar-refractivity contribution in [1.82, 2.24) is 0 Å². The van der Waals surface area contributed by atoms with Crippen LogP contribution in [-0.2, 0) is 9.59 Å². The molecule has 0 saturated carbocycles. The molecule has 0 N–H and O–H groups in total. The van der Waals surface area contributed by atoms with Crippen LogP contribution in [0.25, 0.3) is 21.5 Å². The van der Waals surface area contributed by atoms with Gasteiger partial charge < -0.3 is 0 Å². The van der Waals surface area contributed by atoms with E-state index >= 15 is 0 Å². The number of carbonyl (C=O) groups excluding carboxylic acids is 2. The molecule has 0 bridgehead atoms. The fourth-order valence-electron chi connectivity index (χ4n) is 10.8. The van der Waals surface area contributed by atoms with Gasteiger partial charge in [0.25, 0.3) is 11.8 Å². The Morgan fingerprint density at radius 2 is 1.22 bits per heavy atom. The summed E-state index contributed by atoms with van der Waals surface area (Å²) in [7, 11) is 0. The van der Waals surface area contributed by atoms with E-state index < -0.39 is 0 Å². The van der Waals surface area contributed by atoms with E-state index in [2.05, 4.69) is 97.1 Å². The number of amides is 2. The Morgan fingerprint density at radius 1 is 0.580 bits per heavy atom. The molecule has 6 nitrogen and oxygen atoms in total. The molecule has 50 heavy (non-hydrogen) atoms. The first-order chi connectivity index (χ1) is 24.7. The van der Waals surface area contributed by atoms with Gasteiger partial charge in [-0.2, -0.15) is 0 Å². The van der Waals surface area contributed by atoms with Crippen molar-refractivity contribution in [3.63, 3.8) is 0 Å². The van der Waals surface area contributed by atoms with E-state index in [-0.39, 0.29) is 47.3 Å². The minimum atomic E-state index is -0.0963. The van der Waals surface area contributed by atoms with Crippen LogP contribution in [0.15, 0.2) is 165 Å². The average molecular weight is 643 g/mol. The molecule has 4 aromatic carbocycles. The minimum absolute atomic E-state index is 0.00293. The number of allylic oxidation sites excluding steroid dienone is 8. The van der Waals surface area contributed by atoms with Gasteiger partial charge in [0.05, 0.1) is 28.7 Å². The van der Waals surface area contributed by atoms with Gasteiger partial charge in [-0.1, -0.05) is 97.1 Å². The van der Waals surface area contributed by atoms with Crippen LogP contribution in [0.1, 0.15) is 0 Å². The van der Waals surface area contributed by atoms with E-state index in [1.807, 2.05) is 34.1 Å². The van der Waals surface area contributed by atoms with Crippen LogP contribution in [0.4, 0.5) is 22.7 Å². The van der Waals surface area contributed by atoms with Gasteiger partial charge in [-0.25, -0.2) is 9.98 Å². The molecule has 6 heteroatoms. The molecule has 0 spiro atoms. The van der Waals surface area contributed by atoms with Gasteiger partial charge in [-0.15, -0.1) is 0 Å². The van der Waals surface area contributed by atoms with Gasteiger partial charge in [0.2, 0.25) is 0 Å². The number of anilines is 2. The maximum atomic E-state index is 14.6. The SMILES string of the molecule is O=C1C2=C3C(C=CC4C5=CC=C6C(=O)N7C(=Nc8cccc9cccc7c89)C7C=CC(=C5C67)C(C=C2)C34)C2=Nc3cccc4cccc(c34)N12. The van der Waals surface area contributed by atoms with Crippen LogP contribution in [0.5, 0.6) is 0 Å². The van der Waals surface area contributed by atoms with Gasteiger partial charge in [-0.3, -0.25) is 19.4 Å². The van der Waals surface area contributed by atoms with Gasteiger partial charge >= 0.3 is 0 Å². The highest BCUT2D eigenvalue weighted by molar-refractivity contribution is 6.34. The Kier molecular flexibility index (Phi) is 4.40. The lowest BCUT2D eigenvalue weighted by Gasteiger charge is -2.54. The van der Waals surface area contributed by atoms with Crippen LogP contribution < -0.4 is 9.80 Å². The Hall–Kier alpha value is -6.14. The minimum Gasteiger partial charge on any atom is -0.269 e. The predicted octanol–water partition coefficient (Wildman–Crippen LogP) is 8.35. The molecule has 6 unspecified atom stereocenters. The smallest absolute Gasteiger partial charge is 0.263 e. The zero-order valence-electron chi connectivity index (χ0n) is 26.6. The second kappa shape index (κ2) is 8.52. The summed E-state index contributed by atoms with van der Waals surface area (Å²) in [5.74, 6) is 1.64. The third kappa shape index (κ3) is 2.80. The molecule has 4 aliphatic heterocycles. The van der Waals surface area contributed by atoms with E-state index in [9.17, 15) is 9.59 Å². The van der Waals surface area contributed by atoms with E-state index in [1.54, 1.807) is 0 Å². The number of hydrogen-bond acceptors (Lipinski definition) is 4. The van der Waals surface area contributed by atoms with Crippen molar-refractivity contribution < 1.29 is 9.59 Å². The van der Waals surface area contributed by atoms with Gasteiger partial charge in [0.15, 0.2) is 0 Å². The molecule has 1 saturated heterocycles. The van der Waals surface area contributed by atoms with Crippen molar-refractivity contribution in [3.05, 3.63) is 155 Å². The van der Waals surface area contributed by atoms with Crippen molar-refractivity contribution in [1.29, 1.82) is 0 Å². The molecular formula is C44H26N4O2. The highest BCUT2D eigenvalue weighted by Crippen LogP contribution is 2.62. The molecule has 4 aromatic rings. The number of piperidine rings is 1. The summed E-state index contributed by atoms with van der Waals surface area (Å²) in [6.07, 6.45) is 17.9. The van der Waals surface area contributed by atoms with E-state index in [0.29, 0.717) is 0 Å². The standard InChI is InChI=1S/C44H26N4O2/c49-43-29-19-15-25-24-14-18-28-40-30(44(50)48-34-12-4-8-22-6-2-10-32(36(22)34)46-42(28)48)20-16-26(38(24)40)23-13-17-27(39(29)37(23)25)41-45-31-9-1-5-21-7-3-11-33(35(21)31)47(41)43/h1-20,23,25,27-28,37,40H. The van der Waals surface area contributed by atoms with Crippen LogP contribution in [0.2, 0.25) is 0 Å². The van der Waals surface area contributed by atoms with Crippen molar-refractivity contribution >= 4 is 67.8 Å². The van der Waals surface area contributed by atoms with Crippen LogP contribution in [0.3, 0.4) is 0 Å². The second-order valence-electron chi connectivity index (χ2n) is 14.7. The van der Waals surface area contributed by atoms with Gasteiger partial charge in [-0.05, 0) is 57.3 Å². The first-order valence-corrected chi connectivity index (χ1v) is 17.5. The summed E-state index contributed by atoms with van der Waals surface area (Å²) >= 11 is 0. The third-order valence-electron chi connectivity index (χ3n) is 12.6. The molecule has 9 aliphatic rings. The van der Waals surface area contributed by atoms with Crippen molar-refractivity contribution in [2.75, 3.05) is 9.80 Å². The summed E-state index contributed by atoms with van der Waals surface area (Å²) in [6.45, 7) is 0. The number of amidine groups is 2. The predicted molar refractivity (Wildman–Crippen MR) is 196 cm³/mol. The molecule has 6 atom stereocenters. The molecule has 5 aliphatic carbocycles. The third-order valence-corrected chi connectivity index (χ3v) is 12.6. The maximum Gasteiger partial charge on any atom is 0.263 e. The van der Waals surface area contributed by atoms with Crippen molar-refractivity contribution in [2.24, 2.45) is 45.5 Å². The number of nitrogens with zero attached hydrogens (tertiary/aromatic N) is 4. The number of carbonyl (C=O) groups is 2.